The lowest BCUT2D eigenvalue weighted by atomic mass is 10.1. The first-order chi connectivity index (χ1) is 14.2. The van der Waals surface area contributed by atoms with Gasteiger partial charge in [-0.2, -0.15) is 0 Å². The molecular weight excluding hydrogens is 366 g/mol. The molecule has 0 amide bonds. The molecule has 1 aliphatic heterocycles. The molecule has 0 spiro atoms. The summed E-state index contributed by atoms with van der Waals surface area (Å²) in [4.78, 5) is 16.5. The molecule has 3 aromatic rings. The zero-order valence-electron chi connectivity index (χ0n) is 16.7. The van der Waals surface area contributed by atoms with Gasteiger partial charge < -0.3 is 24.9 Å². The van der Waals surface area contributed by atoms with E-state index < -0.39 is 0 Å². The molecule has 1 fully saturated rings. The van der Waals surface area contributed by atoms with Crippen molar-refractivity contribution < 1.29 is 4.74 Å². The highest BCUT2D eigenvalue weighted by Crippen LogP contribution is 2.28. The lowest BCUT2D eigenvalue weighted by molar-refractivity contribution is 0.122. The van der Waals surface area contributed by atoms with Crippen molar-refractivity contribution in [2.45, 2.75) is 13.5 Å². The average Bonchev–Trinajstić information content (AvgIpc) is 3.20. The van der Waals surface area contributed by atoms with E-state index >= 15 is 0 Å². The topological polar surface area (TPSA) is 92.0 Å². The molecule has 29 heavy (non-hydrogen) atoms. The molecule has 0 aliphatic carbocycles. The fourth-order valence-corrected chi connectivity index (χ4v) is 3.37. The van der Waals surface area contributed by atoms with Gasteiger partial charge in [-0.3, -0.25) is 0 Å². The van der Waals surface area contributed by atoms with E-state index in [9.17, 15) is 0 Å². The predicted molar refractivity (Wildman–Crippen MR) is 114 cm³/mol. The lowest BCUT2D eigenvalue weighted by Gasteiger charge is -2.28. The van der Waals surface area contributed by atoms with Crippen molar-refractivity contribution in [2.24, 2.45) is 0 Å². The number of allylic oxidation sites excluding steroid dienone is 1. The maximum Gasteiger partial charge on any atom is 0.166 e. The molecule has 0 saturated carbocycles. The number of nitrogens with one attached hydrogen (secondary N) is 2. The van der Waals surface area contributed by atoms with Crippen molar-refractivity contribution in [1.29, 1.82) is 5.41 Å². The zero-order chi connectivity index (χ0) is 20.2. The number of nitrogens with zero attached hydrogens (tertiary/aromatic N) is 5. The zero-order valence-corrected chi connectivity index (χ0v) is 16.7. The first kappa shape index (κ1) is 19.1. The second kappa shape index (κ2) is 8.40. The van der Waals surface area contributed by atoms with E-state index in [1.807, 2.05) is 42.2 Å². The van der Waals surface area contributed by atoms with Crippen LogP contribution in [0.5, 0.6) is 0 Å². The number of benzene rings is 1. The van der Waals surface area contributed by atoms with Crippen LogP contribution in [-0.4, -0.2) is 58.6 Å². The third-order valence-electron chi connectivity index (χ3n) is 4.95. The van der Waals surface area contributed by atoms with Gasteiger partial charge in [-0.1, -0.05) is 18.2 Å². The van der Waals surface area contributed by atoms with Crippen LogP contribution in [0.25, 0.3) is 22.6 Å². The highest BCUT2D eigenvalue weighted by Gasteiger charge is 2.21. The first-order valence-corrected chi connectivity index (χ1v) is 9.80. The normalized spacial score (nSPS) is 14.6. The maximum atomic E-state index is 8.26. The lowest BCUT2D eigenvalue weighted by Crippen LogP contribution is -2.37. The number of anilines is 1. The number of aryl methyl sites for hydroxylation is 1. The molecule has 0 radical (unpaired) electrons. The monoisotopic (exact) mass is 391 g/mol. The van der Waals surface area contributed by atoms with Gasteiger partial charge in [0, 0.05) is 37.8 Å². The van der Waals surface area contributed by atoms with Crippen molar-refractivity contribution in [2.75, 3.05) is 38.3 Å². The Bertz CT molecular complexity index is 1050. The Morgan fingerprint density at radius 3 is 2.86 bits per heavy atom. The van der Waals surface area contributed by atoms with Crippen molar-refractivity contribution in [3.05, 3.63) is 48.4 Å². The SMILES string of the molecule is CCn1cnc2c(N3CCOCC3)nc(-c3cccc(C(=N)/C=C\NC)c3)nc21. The van der Waals surface area contributed by atoms with Crippen LogP contribution in [0.15, 0.2) is 42.9 Å². The molecule has 0 unspecified atom stereocenters. The summed E-state index contributed by atoms with van der Waals surface area (Å²) in [7, 11) is 1.81. The average molecular weight is 391 g/mol. The molecule has 2 aromatic heterocycles. The maximum absolute atomic E-state index is 8.26. The smallest absolute Gasteiger partial charge is 0.166 e. The summed E-state index contributed by atoms with van der Waals surface area (Å²) in [5.41, 5.74) is 3.77. The number of aromatic nitrogens is 4. The van der Waals surface area contributed by atoms with Gasteiger partial charge >= 0.3 is 0 Å². The van der Waals surface area contributed by atoms with E-state index in [2.05, 4.69) is 22.1 Å². The Morgan fingerprint density at radius 2 is 2.10 bits per heavy atom. The molecule has 0 atom stereocenters. The fourth-order valence-electron chi connectivity index (χ4n) is 3.37. The highest BCUT2D eigenvalue weighted by molar-refractivity contribution is 6.07. The standard InChI is InChI=1S/C21H25N7O/c1-3-27-14-24-18-20(27)25-19(26-21(18)28-9-11-29-12-10-28)16-6-4-5-15(13-16)17(22)7-8-23-2/h4-8,13-14,22-23H,3,9-12H2,1-2H3/b8-7-,22-17?. The van der Waals surface area contributed by atoms with Gasteiger partial charge in [0.1, 0.15) is 0 Å². The summed E-state index contributed by atoms with van der Waals surface area (Å²) in [6.07, 6.45) is 5.30. The van der Waals surface area contributed by atoms with Crippen LogP contribution < -0.4 is 10.2 Å². The van der Waals surface area contributed by atoms with Gasteiger partial charge in [-0.05, 0) is 25.3 Å². The molecule has 3 heterocycles. The van der Waals surface area contributed by atoms with E-state index in [1.165, 1.54) is 0 Å². The van der Waals surface area contributed by atoms with Crippen LogP contribution in [-0.2, 0) is 11.3 Å². The number of fused-ring (bicyclic) bond motifs is 1. The highest BCUT2D eigenvalue weighted by atomic mass is 16.5. The Hall–Kier alpha value is -3.26. The second-order valence-electron chi connectivity index (χ2n) is 6.79. The molecule has 1 aliphatic rings. The summed E-state index contributed by atoms with van der Waals surface area (Å²) in [5.74, 6) is 1.48. The van der Waals surface area contributed by atoms with Gasteiger partial charge in [0.25, 0.3) is 0 Å². The minimum absolute atomic E-state index is 0.425. The molecule has 4 rings (SSSR count). The Labute approximate surface area is 169 Å². The molecule has 0 bridgehead atoms. The predicted octanol–water partition coefficient (Wildman–Crippen LogP) is 2.45. The van der Waals surface area contributed by atoms with Gasteiger partial charge in [-0.15, -0.1) is 0 Å². The number of morpholine rings is 1. The van der Waals surface area contributed by atoms with E-state index in [4.69, 9.17) is 20.1 Å². The minimum Gasteiger partial charge on any atom is -0.394 e. The van der Waals surface area contributed by atoms with Crippen LogP contribution >= 0.6 is 0 Å². The minimum atomic E-state index is 0.425. The van der Waals surface area contributed by atoms with Crippen LogP contribution in [0.1, 0.15) is 12.5 Å². The summed E-state index contributed by atoms with van der Waals surface area (Å²) in [6, 6.07) is 7.80. The summed E-state index contributed by atoms with van der Waals surface area (Å²) >= 11 is 0. The fraction of sp³-hybridized carbons (Fsp3) is 0.333. The Morgan fingerprint density at radius 1 is 1.28 bits per heavy atom. The molecule has 2 N–H and O–H groups in total. The van der Waals surface area contributed by atoms with Gasteiger partial charge in [0.2, 0.25) is 0 Å². The number of hydrogen-bond donors (Lipinski definition) is 2. The molecule has 8 heteroatoms. The molecule has 8 nitrogen and oxygen atoms in total. The largest absolute Gasteiger partial charge is 0.394 e. The molecule has 150 valence electrons. The number of rotatable bonds is 6. The summed E-state index contributed by atoms with van der Waals surface area (Å²) in [5, 5.41) is 11.2. The Kier molecular flexibility index (Phi) is 5.53. The van der Waals surface area contributed by atoms with Crippen molar-refractivity contribution >= 4 is 22.7 Å². The van der Waals surface area contributed by atoms with Gasteiger partial charge in [0.05, 0.1) is 25.3 Å². The number of ether oxygens (including phenoxy) is 1. The number of hydrogen-bond acceptors (Lipinski definition) is 7. The van der Waals surface area contributed by atoms with Crippen LogP contribution in [0.4, 0.5) is 5.82 Å². The number of imidazole rings is 1. The third-order valence-corrected chi connectivity index (χ3v) is 4.95. The first-order valence-electron chi connectivity index (χ1n) is 9.80. The quantitative estimate of drug-likeness (QED) is 0.627. The van der Waals surface area contributed by atoms with Crippen LogP contribution in [0, 0.1) is 5.41 Å². The van der Waals surface area contributed by atoms with E-state index in [0.717, 1.165) is 47.7 Å². The second-order valence-corrected chi connectivity index (χ2v) is 6.79. The van der Waals surface area contributed by atoms with Crippen LogP contribution in [0.2, 0.25) is 0 Å². The molecule has 1 aromatic carbocycles. The molecule has 1 saturated heterocycles. The van der Waals surface area contributed by atoms with E-state index in [1.54, 1.807) is 12.3 Å². The Balaban J connectivity index is 1.81. The molecular formula is C21H25N7O. The van der Waals surface area contributed by atoms with Crippen molar-refractivity contribution in [3.63, 3.8) is 0 Å². The van der Waals surface area contributed by atoms with E-state index in [-0.39, 0.29) is 0 Å². The summed E-state index contributed by atoms with van der Waals surface area (Å²) in [6.45, 7) is 5.79. The van der Waals surface area contributed by atoms with Crippen molar-refractivity contribution in [3.8, 4) is 11.4 Å². The van der Waals surface area contributed by atoms with Crippen molar-refractivity contribution in [1.82, 2.24) is 24.8 Å². The third kappa shape index (κ3) is 3.84. The van der Waals surface area contributed by atoms with Gasteiger partial charge in [-0.25, -0.2) is 15.0 Å². The van der Waals surface area contributed by atoms with E-state index in [0.29, 0.717) is 24.7 Å². The van der Waals surface area contributed by atoms with Gasteiger partial charge in [0.15, 0.2) is 22.8 Å². The summed E-state index contributed by atoms with van der Waals surface area (Å²) < 4.78 is 7.54. The van der Waals surface area contributed by atoms with Crippen LogP contribution in [0.3, 0.4) is 0 Å².